The van der Waals surface area contributed by atoms with Crippen LogP contribution in [0.5, 0.6) is 0 Å². The van der Waals surface area contributed by atoms with E-state index >= 15 is 4.79 Å². The highest BCUT2D eigenvalue weighted by atomic mass is 16.1. The fraction of sp³-hybridized carbons (Fsp3) is 0. The van der Waals surface area contributed by atoms with E-state index in [4.69, 9.17) is 15.0 Å². The van der Waals surface area contributed by atoms with Crippen molar-refractivity contribution in [2.24, 2.45) is 0 Å². The maximum atomic E-state index is 15.1. The van der Waals surface area contributed by atoms with Crippen molar-refractivity contribution in [2.45, 2.75) is 0 Å². The maximum Gasteiger partial charge on any atom is 0.195 e. The van der Waals surface area contributed by atoms with Gasteiger partial charge < -0.3 is 4.57 Å². The fourth-order valence-electron chi connectivity index (χ4n) is 8.48. The van der Waals surface area contributed by atoms with Crippen molar-refractivity contribution in [3.05, 3.63) is 216 Å². The molecule has 6 nitrogen and oxygen atoms in total. The molecule has 0 saturated heterocycles. The quantitative estimate of drug-likeness (QED) is 0.169. The molecule has 2 aromatic heterocycles. The second-order valence-corrected chi connectivity index (χ2v) is 14.7. The van der Waals surface area contributed by atoms with E-state index in [0.717, 1.165) is 60.9 Å². The normalized spacial score (nSPS) is 12.1. The number of aromatic nitrogens is 4. The molecule has 0 spiro atoms. The number of fused-ring (bicyclic) bond motifs is 5. The minimum Gasteiger partial charge on any atom is -0.309 e. The number of nitrogens with zero attached hydrogens (tertiary/aromatic N) is 4. The Morgan fingerprint density at radius 3 is 1.41 bits per heavy atom. The molecule has 11 rings (SSSR count). The van der Waals surface area contributed by atoms with E-state index < -0.39 is 0 Å². The Kier molecular flexibility index (Phi) is 8.01. The third-order valence-corrected chi connectivity index (χ3v) is 11.2. The summed E-state index contributed by atoms with van der Waals surface area (Å²) in [5.74, 6) is 1.27. The van der Waals surface area contributed by atoms with E-state index in [-0.39, 0.29) is 11.6 Å². The predicted octanol–water partition coefficient (Wildman–Crippen LogP) is 12.1. The van der Waals surface area contributed by atoms with E-state index in [1.54, 1.807) is 12.1 Å². The standard InChI is InChI=1S/C53H32N4O2/c58-49-42-26-13-24-39(35-19-12-20-37(31-35)53-55-51(33-15-4-1-5-16-33)54-52(56-53)34-17-6-2-7-18-34)47(42)50(59)48-40(25-14-27-43(48)49)36-29-30-46-44(32-36)41-23-10-11-28-45(41)57(46)38-21-8-3-9-22-38/h1-32H. The van der Waals surface area contributed by atoms with Gasteiger partial charge in [-0.15, -0.1) is 0 Å². The highest BCUT2D eigenvalue weighted by Crippen LogP contribution is 2.41. The molecule has 1 aliphatic carbocycles. The zero-order chi connectivity index (χ0) is 39.5. The van der Waals surface area contributed by atoms with Crippen LogP contribution in [-0.2, 0) is 0 Å². The molecule has 2 heterocycles. The van der Waals surface area contributed by atoms with Crippen molar-refractivity contribution in [2.75, 3.05) is 0 Å². The van der Waals surface area contributed by atoms with Crippen molar-refractivity contribution in [3.63, 3.8) is 0 Å². The predicted molar refractivity (Wildman–Crippen MR) is 235 cm³/mol. The van der Waals surface area contributed by atoms with Crippen LogP contribution in [0.25, 0.3) is 83.9 Å². The van der Waals surface area contributed by atoms with Crippen molar-refractivity contribution in [3.8, 4) is 62.1 Å². The number of hydrogen-bond acceptors (Lipinski definition) is 5. The van der Waals surface area contributed by atoms with Crippen molar-refractivity contribution in [1.29, 1.82) is 0 Å². The number of hydrogen-bond donors (Lipinski definition) is 0. The Labute approximate surface area is 339 Å². The molecule has 59 heavy (non-hydrogen) atoms. The van der Waals surface area contributed by atoms with Crippen LogP contribution < -0.4 is 0 Å². The molecule has 0 bridgehead atoms. The zero-order valence-electron chi connectivity index (χ0n) is 31.6. The number of para-hydroxylation sites is 2. The summed E-state index contributed by atoms with van der Waals surface area (Å²) in [4.78, 5) is 44.2. The van der Waals surface area contributed by atoms with Crippen LogP contribution in [0.15, 0.2) is 194 Å². The lowest BCUT2D eigenvalue weighted by Crippen LogP contribution is -2.22. The molecule has 276 valence electrons. The smallest absolute Gasteiger partial charge is 0.195 e. The fourth-order valence-corrected chi connectivity index (χ4v) is 8.48. The van der Waals surface area contributed by atoms with E-state index in [2.05, 4.69) is 59.2 Å². The van der Waals surface area contributed by atoms with Crippen LogP contribution in [0.4, 0.5) is 0 Å². The Balaban J connectivity index is 1.04. The summed E-state index contributed by atoms with van der Waals surface area (Å²) >= 11 is 0. The van der Waals surface area contributed by atoms with Gasteiger partial charge in [-0.3, -0.25) is 9.59 Å². The van der Waals surface area contributed by atoms with Gasteiger partial charge in [0.2, 0.25) is 0 Å². The SMILES string of the molecule is O=C1c2cccc(-c3cccc(-c4nc(-c5ccccc5)nc(-c5ccccc5)n4)c3)c2C(=O)c2c1cccc2-c1ccc2c(c1)c1ccccc1n2-c1ccccc1. The Hall–Kier alpha value is -8.09. The van der Waals surface area contributed by atoms with Gasteiger partial charge in [0.25, 0.3) is 0 Å². The second kappa shape index (κ2) is 13.8. The van der Waals surface area contributed by atoms with Gasteiger partial charge in [0.05, 0.1) is 11.0 Å². The Morgan fingerprint density at radius 2 is 0.780 bits per heavy atom. The molecule has 0 aliphatic heterocycles. The van der Waals surface area contributed by atoms with Gasteiger partial charge in [0.1, 0.15) is 0 Å². The Morgan fingerprint density at radius 1 is 0.322 bits per heavy atom. The van der Waals surface area contributed by atoms with Crippen LogP contribution in [0, 0.1) is 0 Å². The summed E-state index contributed by atoms with van der Waals surface area (Å²) in [5.41, 5.74) is 10.4. The molecule has 8 aromatic carbocycles. The first-order valence-electron chi connectivity index (χ1n) is 19.5. The van der Waals surface area contributed by atoms with Crippen LogP contribution >= 0.6 is 0 Å². The minimum absolute atomic E-state index is 0.173. The van der Waals surface area contributed by atoms with E-state index in [1.807, 2.05) is 127 Å². The highest BCUT2D eigenvalue weighted by molar-refractivity contribution is 6.32. The number of carbonyl (C=O) groups excluding carboxylic acids is 2. The molecule has 10 aromatic rings. The van der Waals surface area contributed by atoms with Gasteiger partial charge in [-0.05, 0) is 58.7 Å². The minimum atomic E-state index is -0.184. The lowest BCUT2D eigenvalue weighted by atomic mass is 9.77. The molecule has 0 N–H and O–H groups in total. The van der Waals surface area contributed by atoms with E-state index in [0.29, 0.717) is 45.3 Å². The van der Waals surface area contributed by atoms with Gasteiger partial charge in [-0.25, -0.2) is 15.0 Å². The van der Waals surface area contributed by atoms with Crippen LogP contribution in [0.2, 0.25) is 0 Å². The van der Waals surface area contributed by atoms with Crippen molar-refractivity contribution in [1.82, 2.24) is 19.5 Å². The van der Waals surface area contributed by atoms with Gasteiger partial charge in [-0.1, -0.05) is 158 Å². The molecule has 6 heteroatoms. The average molecular weight is 757 g/mol. The van der Waals surface area contributed by atoms with Gasteiger partial charge in [0, 0.05) is 55.4 Å². The van der Waals surface area contributed by atoms with Crippen LogP contribution in [0.1, 0.15) is 31.8 Å². The molecule has 0 radical (unpaired) electrons. The highest BCUT2D eigenvalue weighted by Gasteiger charge is 2.34. The number of ketones is 2. The van der Waals surface area contributed by atoms with Gasteiger partial charge in [-0.2, -0.15) is 0 Å². The van der Waals surface area contributed by atoms with Crippen molar-refractivity contribution < 1.29 is 9.59 Å². The number of benzene rings is 8. The number of carbonyl (C=O) groups is 2. The largest absolute Gasteiger partial charge is 0.309 e. The molecule has 0 amide bonds. The molecule has 0 unspecified atom stereocenters. The number of rotatable bonds is 6. The summed E-state index contributed by atoms with van der Waals surface area (Å²) in [6, 6.07) is 63.7. The van der Waals surface area contributed by atoms with Gasteiger partial charge in [0.15, 0.2) is 29.0 Å². The first kappa shape index (κ1) is 34.2. The zero-order valence-corrected chi connectivity index (χ0v) is 31.6. The Bertz CT molecular complexity index is 3240. The summed E-state index contributed by atoms with van der Waals surface area (Å²) in [7, 11) is 0. The third-order valence-electron chi connectivity index (χ3n) is 11.2. The molecule has 1 aliphatic rings. The molecular formula is C53H32N4O2. The van der Waals surface area contributed by atoms with E-state index in [1.165, 1.54) is 0 Å². The molecular weight excluding hydrogens is 725 g/mol. The summed E-state index contributed by atoms with van der Waals surface area (Å²) < 4.78 is 2.27. The third kappa shape index (κ3) is 5.69. The molecule has 0 atom stereocenters. The first-order chi connectivity index (χ1) is 29.1. The van der Waals surface area contributed by atoms with Gasteiger partial charge >= 0.3 is 0 Å². The van der Waals surface area contributed by atoms with Crippen molar-refractivity contribution >= 4 is 33.4 Å². The van der Waals surface area contributed by atoms with E-state index in [9.17, 15) is 4.79 Å². The summed E-state index contributed by atoms with van der Waals surface area (Å²) in [6.45, 7) is 0. The summed E-state index contributed by atoms with van der Waals surface area (Å²) in [5, 5.41) is 2.18. The second-order valence-electron chi connectivity index (χ2n) is 14.7. The lowest BCUT2D eigenvalue weighted by molar-refractivity contribution is 0.0980. The molecule has 0 fully saturated rings. The topological polar surface area (TPSA) is 77.7 Å². The first-order valence-corrected chi connectivity index (χ1v) is 19.5. The monoisotopic (exact) mass is 756 g/mol. The van der Waals surface area contributed by atoms with Crippen LogP contribution in [0.3, 0.4) is 0 Å². The summed E-state index contributed by atoms with van der Waals surface area (Å²) in [6.07, 6.45) is 0. The maximum absolute atomic E-state index is 15.1. The lowest BCUT2D eigenvalue weighted by Gasteiger charge is -2.23. The van der Waals surface area contributed by atoms with Crippen LogP contribution in [-0.4, -0.2) is 31.1 Å². The molecule has 0 saturated carbocycles. The average Bonchev–Trinajstić information content (AvgIpc) is 3.64.